The average molecular weight is 350 g/mol. The number of hydrogen-bond donors (Lipinski definition) is 2. The summed E-state index contributed by atoms with van der Waals surface area (Å²) in [5.41, 5.74) is 0.837. The molecule has 0 unspecified atom stereocenters. The summed E-state index contributed by atoms with van der Waals surface area (Å²) in [6, 6.07) is 11.4. The SMILES string of the molecule is Fc1ccccc1Nc1cnnc(Nc2cccc(Cl)c2Cl)n1. The first-order chi connectivity index (χ1) is 11.1. The maximum Gasteiger partial charge on any atom is 0.249 e. The maximum atomic E-state index is 13.6. The van der Waals surface area contributed by atoms with Gasteiger partial charge >= 0.3 is 0 Å². The Balaban J connectivity index is 1.83. The highest BCUT2D eigenvalue weighted by Crippen LogP contribution is 2.31. The van der Waals surface area contributed by atoms with Crippen LogP contribution in [0.2, 0.25) is 10.0 Å². The third-order valence-corrected chi connectivity index (χ3v) is 3.71. The Kier molecular flexibility index (Phi) is 4.55. The molecular formula is C15H10Cl2FN5. The van der Waals surface area contributed by atoms with Crippen LogP contribution in [-0.4, -0.2) is 15.2 Å². The number of benzene rings is 2. The van der Waals surface area contributed by atoms with Gasteiger partial charge in [-0.05, 0) is 24.3 Å². The van der Waals surface area contributed by atoms with Gasteiger partial charge in [0.25, 0.3) is 0 Å². The lowest BCUT2D eigenvalue weighted by atomic mass is 10.3. The summed E-state index contributed by atoms with van der Waals surface area (Å²) in [6.45, 7) is 0. The average Bonchev–Trinajstić information content (AvgIpc) is 2.55. The van der Waals surface area contributed by atoms with Crippen LogP contribution < -0.4 is 10.6 Å². The van der Waals surface area contributed by atoms with Crippen molar-refractivity contribution in [2.45, 2.75) is 0 Å². The summed E-state index contributed by atoms with van der Waals surface area (Å²) in [4.78, 5) is 4.21. The molecule has 0 fully saturated rings. The van der Waals surface area contributed by atoms with Gasteiger partial charge in [0.15, 0.2) is 5.82 Å². The molecule has 0 aliphatic carbocycles. The van der Waals surface area contributed by atoms with Crippen molar-refractivity contribution < 1.29 is 4.39 Å². The van der Waals surface area contributed by atoms with Gasteiger partial charge in [0.1, 0.15) is 5.82 Å². The van der Waals surface area contributed by atoms with Crippen LogP contribution >= 0.6 is 23.2 Å². The molecule has 0 aliphatic heterocycles. The number of nitrogens with zero attached hydrogens (tertiary/aromatic N) is 3. The van der Waals surface area contributed by atoms with Crippen LogP contribution in [0, 0.1) is 5.82 Å². The minimum Gasteiger partial charge on any atom is -0.336 e. The molecule has 1 aromatic heterocycles. The van der Waals surface area contributed by atoms with E-state index in [1.165, 1.54) is 12.3 Å². The number of halogens is 3. The molecular weight excluding hydrogens is 340 g/mol. The highest BCUT2D eigenvalue weighted by Gasteiger charge is 2.08. The van der Waals surface area contributed by atoms with E-state index < -0.39 is 5.82 Å². The monoisotopic (exact) mass is 349 g/mol. The minimum atomic E-state index is -0.390. The van der Waals surface area contributed by atoms with E-state index in [1.807, 2.05) is 0 Å². The lowest BCUT2D eigenvalue weighted by Gasteiger charge is -2.09. The van der Waals surface area contributed by atoms with Crippen molar-refractivity contribution in [3.05, 3.63) is 64.5 Å². The maximum absolute atomic E-state index is 13.6. The first-order valence-electron chi connectivity index (χ1n) is 6.56. The lowest BCUT2D eigenvalue weighted by Crippen LogP contribution is -2.03. The molecule has 1 heterocycles. The summed E-state index contributed by atoms with van der Waals surface area (Å²) in [7, 11) is 0. The van der Waals surface area contributed by atoms with Gasteiger partial charge in [-0.25, -0.2) is 4.39 Å². The molecule has 0 spiro atoms. The quantitative estimate of drug-likeness (QED) is 0.707. The van der Waals surface area contributed by atoms with Crippen molar-refractivity contribution >= 4 is 46.3 Å². The zero-order valence-corrected chi connectivity index (χ0v) is 13.1. The van der Waals surface area contributed by atoms with E-state index in [9.17, 15) is 4.39 Å². The summed E-state index contributed by atoms with van der Waals surface area (Å²) in [6.07, 6.45) is 1.39. The number of anilines is 4. The van der Waals surface area contributed by atoms with Gasteiger partial charge in [-0.3, -0.25) is 0 Å². The van der Waals surface area contributed by atoms with Crippen LogP contribution in [0.15, 0.2) is 48.7 Å². The van der Waals surface area contributed by atoms with Crippen LogP contribution in [0.5, 0.6) is 0 Å². The topological polar surface area (TPSA) is 62.7 Å². The summed E-state index contributed by atoms with van der Waals surface area (Å²) < 4.78 is 13.6. The predicted molar refractivity (Wildman–Crippen MR) is 89.3 cm³/mol. The van der Waals surface area contributed by atoms with E-state index in [2.05, 4.69) is 25.8 Å². The van der Waals surface area contributed by atoms with E-state index in [0.717, 1.165) is 0 Å². The number of rotatable bonds is 4. The molecule has 0 radical (unpaired) electrons. The van der Waals surface area contributed by atoms with Gasteiger partial charge in [0, 0.05) is 0 Å². The van der Waals surface area contributed by atoms with Gasteiger partial charge in [-0.1, -0.05) is 41.4 Å². The van der Waals surface area contributed by atoms with Gasteiger partial charge in [0.05, 0.1) is 27.6 Å². The summed E-state index contributed by atoms with van der Waals surface area (Å²) in [5.74, 6) is 0.153. The van der Waals surface area contributed by atoms with E-state index in [-0.39, 0.29) is 5.95 Å². The second-order valence-electron chi connectivity index (χ2n) is 4.50. The van der Waals surface area contributed by atoms with Crippen LogP contribution in [0.4, 0.5) is 27.5 Å². The minimum absolute atomic E-state index is 0.204. The Morgan fingerprint density at radius 1 is 0.913 bits per heavy atom. The normalized spacial score (nSPS) is 10.4. The van der Waals surface area contributed by atoms with Crippen LogP contribution in [0.25, 0.3) is 0 Å². The van der Waals surface area contributed by atoms with Crippen molar-refractivity contribution in [2.75, 3.05) is 10.6 Å². The molecule has 2 N–H and O–H groups in total. The standard InChI is InChI=1S/C15H10Cl2FN5/c16-9-4-3-7-12(14(9)17)21-15-22-13(8-19-23-15)20-11-6-2-1-5-10(11)18/h1-8H,(H2,20,21,22,23). The third-order valence-electron chi connectivity index (χ3n) is 2.89. The molecule has 5 nitrogen and oxygen atoms in total. The number of para-hydroxylation sites is 1. The first kappa shape index (κ1) is 15.5. The molecule has 2 aromatic carbocycles. The fraction of sp³-hybridized carbons (Fsp3) is 0. The van der Waals surface area contributed by atoms with Gasteiger partial charge < -0.3 is 10.6 Å². The Hall–Kier alpha value is -2.44. The number of nitrogens with one attached hydrogen (secondary N) is 2. The molecule has 0 bridgehead atoms. The fourth-order valence-corrected chi connectivity index (χ4v) is 2.19. The van der Waals surface area contributed by atoms with Gasteiger partial charge in [-0.2, -0.15) is 10.1 Å². The molecule has 0 aliphatic rings. The third kappa shape index (κ3) is 3.67. The summed E-state index contributed by atoms with van der Waals surface area (Å²) in [5, 5.41) is 14.2. The summed E-state index contributed by atoms with van der Waals surface area (Å²) >= 11 is 12.1. The smallest absolute Gasteiger partial charge is 0.249 e. The molecule has 0 atom stereocenters. The van der Waals surface area contributed by atoms with Crippen molar-refractivity contribution in [1.29, 1.82) is 0 Å². The van der Waals surface area contributed by atoms with Crippen LogP contribution in [0.1, 0.15) is 0 Å². The zero-order chi connectivity index (χ0) is 16.2. The molecule has 0 saturated carbocycles. The molecule has 116 valence electrons. The Morgan fingerprint density at radius 3 is 2.52 bits per heavy atom. The fourth-order valence-electron chi connectivity index (χ4n) is 1.84. The second-order valence-corrected chi connectivity index (χ2v) is 5.28. The van der Waals surface area contributed by atoms with E-state index in [0.29, 0.717) is 27.2 Å². The van der Waals surface area contributed by atoms with Crippen molar-refractivity contribution in [1.82, 2.24) is 15.2 Å². The van der Waals surface area contributed by atoms with Crippen molar-refractivity contribution in [2.24, 2.45) is 0 Å². The highest BCUT2D eigenvalue weighted by molar-refractivity contribution is 6.43. The number of hydrogen-bond acceptors (Lipinski definition) is 5. The van der Waals surface area contributed by atoms with Gasteiger partial charge in [-0.15, -0.1) is 5.10 Å². The van der Waals surface area contributed by atoms with Crippen LogP contribution in [0.3, 0.4) is 0 Å². The largest absolute Gasteiger partial charge is 0.336 e. The lowest BCUT2D eigenvalue weighted by molar-refractivity contribution is 0.632. The molecule has 23 heavy (non-hydrogen) atoms. The molecule has 3 rings (SSSR count). The molecule has 0 amide bonds. The zero-order valence-electron chi connectivity index (χ0n) is 11.6. The van der Waals surface area contributed by atoms with E-state index >= 15 is 0 Å². The Morgan fingerprint density at radius 2 is 1.70 bits per heavy atom. The van der Waals surface area contributed by atoms with Gasteiger partial charge in [0.2, 0.25) is 5.95 Å². The Labute approximate surface area is 141 Å². The van der Waals surface area contributed by atoms with E-state index in [1.54, 1.807) is 36.4 Å². The highest BCUT2D eigenvalue weighted by atomic mass is 35.5. The van der Waals surface area contributed by atoms with Crippen LogP contribution in [-0.2, 0) is 0 Å². The second kappa shape index (κ2) is 6.76. The molecule has 3 aromatic rings. The van der Waals surface area contributed by atoms with E-state index in [4.69, 9.17) is 23.2 Å². The number of aromatic nitrogens is 3. The molecule has 8 heteroatoms. The molecule has 0 saturated heterocycles. The first-order valence-corrected chi connectivity index (χ1v) is 7.31. The van der Waals surface area contributed by atoms with Crippen molar-refractivity contribution in [3.8, 4) is 0 Å². The Bertz CT molecular complexity index is 844. The van der Waals surface area contributed by atoms with Crippen molar-refractivity contribution in [3.63, 3.8) is 0 Å². The predicted octanol–water partition coefficient (Wildman–Crippen LogP) is 4.80.